The van der Waals surface area contributed by atoms with Gasteiger partial charge in [-0.15, -0.1) is 0 Å². The van der Waals surface area contributed by atoms with Gasteiger partial charge in [-0.1, -0.05) is 19.1 Å². The molecule has 0 aliphatic carbocycles. The molecule has 0 aromatic heterocycles. The zero-order valence-corrected chi connectivity index (χ0v) is 14.1. The summed E-state index contributed by atoms with van der Waals surface area (Å²) >= 11 is 0. The van der Waals surface area contributed by atoms with E-state index in [0.717, 1.165) is 12.0 Å². The monoisotopic (exact) mass is 321 g/mol. The van der Waals surface area contributed by atoms with Gasteiger partial charge in [-0.3, -0.25) is 0 Å². The Labute approximate surface area is 133 Å². The number of nitriles is 1. The van der Waals surface area contributed by atoms with E-state index >= 15 is 0 Å². The minimum Gasteiger partial charge on any atom is -0.307 e. The molecule has 1 aliphatic heterocycles. The van der Waals surface area contributed by atoms with Crippen LogP contribution in [0.2, 0.25) is 0 Å². The lowest BCUT2D eigenvalue weighted by Gasteiger charge is -2.37. The second-order valence-electron chi connectivity index (χ2n) is 6.12. The normalized spacial score (nSPS) is 24.6. The largest absolute Gasteiger partial charge is 0.307 e. The van der Waals surface area contributed by atoms with Crippen molar-refractivity contribution in [3.8, 4) is 6.07 Å². The van der Waals surface area contributed by atoms with Crippen LogP contribution >= 0.6 is 0 Å². The number of nitrogens with one attached hydrogen (secondary N) is 1. The molecule has 0 spiro atoms. The molecular weight excluding hydrogens is 298 g/mol. The van der Waals surface area contributed by atoms with Crippen LogP contribution in [0.4, 0.5) is 0 Å². The fourth-order valence-corrected chi connectivity index (χ4v) is 3.86. The van der Waals surface area contributed by atoms with Crippen molar-refractivity contribution >= 4 is 10.0 Å². The van der Waals surface area contributed by atoms with E-state index in [-0.39, 0.29) is 12.0 Å². The van der Waals surface area contributed by atoms with Crippen LogP contribution in [0.25, 0.3) is 0 Å². The average molecular weight is 321 g/mol. The number of hydrogen-bond donors (Lipinski definition) is 1. The Balaban J connectivity index is 1.97. The van der Waals surface area contributed by atoms with Crippen LogP contribution in [-0.4, -0.2) is 38.1 Å². The molecule has 1 heterocycles. The van der Waals surface area contributed by atoms with Gasteiger partial charge in [0.25, 0.3) is 0 Å². The quantitative estimate of drug-likeness (QED) is 0.919. The predicted octanol–water partition coefficient (Wildman–Crippen LogP) is 1.88. The molecule has 1 aliphatic rings. The molecule has 1 saturated heterocycles. The van der Waals surface area contributed by atoms with Crippen molar-refractivity contribution in [1.29, 1.82) is 5.26 Å². The first-order chi connectivity index (χ1) is 10.3. The highest BCUT2D eigenvalue weighted by molar-refractivity contribution is 7.88. The van der Waals surface area contributed by atoms with E-state index in [1.54, 1.807) is 4.31 Å². The summed E-state index contributed by atoms with van der Waals surface area (Å²) in [5.74, 6) is 0.268. The summed E-state index contributed by atoms with van der Waals surface area (Å²) in [4.78, 5) is 0. The molecule has 0 saturated carbocycles. The lowest BCUT2D eigenvalue weighted by molar-refractivity contribution is 0.210. The SMILES string of the molecule is C[C@H](N[C@H]1CCN(S(C)(=O)=O)C[C@@H]1C)c1ccc(C#N)cc1. The van der Waals surface area contributed by atoms with Crippen LogP contribution in [-0.2, 0) is 10.0 Å². The van der Waals surface area contributed by atoms with Gasteiger partial charge in [0, 0.05) is 25.2 Å². The average Bonchev–Trinajstić information content (AvgIpc) is 2.48. The summed E-state index contributed by atoms with van der Waals surface area (Å²) in [6, 6.07) is 10.2. The van der Waals surface area contributed by atoms with Crippen molar-refractivity contribution in [2.45, 2.75) is 32.4 Å². The van der Waals surface area contributed by atoms with Gasteiger partial charge in [-0.2, -0.15) is 5.26 Å². The molecule has 0 amide bonds. The standard InChI is InChI=1S/C16H23N3O2S/c1-12-11-19(22(3,20)21)9-8-16(12)18-13(2)15-6-4-14(10-17)5-7-15/h4-7,12-13,16,18H,8-9,11H2,1-3H3/t12-,13-,16-/m0/s1. The predicted molar refractivity (Wildman–Crippen MR) is 86.7 cm³/mol. The first kappa shape index (κ1) is 16.9. The number of piperidine rings is 1. The molecule has 1 aromatic carbocycles. The lowest BCUT2D eigenvalue weighted by Crippen LogP contribution is -2.50. The van der Waals surface area contributed by atoms with Gasteiger partial charge >= 0.3 is 0 Å². The molecule has 6 heteroatoms. The zero-order chi connectivity index (χ0) is 16.3. The minimum absolute atomic E-state index is 0.171. The van der Waals surface area contributed by atoms with E-state index in [0.29, 0.717) is 24.7 Å². The van der Waals surface area contributed by atoms with Crippen LogP contribution in [0, 0.1) is 17.2 Å². The fraction of sp³-hybridized carbons (Fsp3) is 0.562. The molecule has 0 unspecified atom stereocenters. The van der Waals surface area contributed by atoms with Gasteiger partial charge < -0.3 is 5.32 Å². The maximum Gasteiger partial charge on any atom is 0.211 e. The molecule has 5 nitrogen and oxygen atoms in total. The van der Waals surface area contributed by atoms with Crippen molar-refractivity contribution in [1.82, 2.24) is 9.62 Å². The second kappa shape index (κ2) is 6.78. The number of sulfonamides is 1. The fourth-order valence-electron chi connectivity index (χ4n) is 2.92. The summed E-state index contributed by atoms with van der Waals surface area (Å²) < 4.78 is 24.8. The third-order valence-electron chi connectivity index (χ3n) is 4.34. The van der Waals surface area contributed by atoms with Crippen LogP contribution in [0.1, 0.15) is 37.4 Å². The molecule has 1 N–H and O–H groups in total. The zero-order valence-electron chi connectivity index (χ0n) is 13.3. The van der Waals surface area contributed by atoms with E-state index < -0.39 is 10.0 Å². The Hall–Kier alpha value is -1.42. The van der Waals surface area contributed by atoms with Crippen LogP contribution in [0.5, 0.6) is 0 Å². The van der Waals surface area contributed by atoms with Crippen molar-refractivity contribution in [2.75, 3.05) is 19.3 Å². The second-order valence-corrected chi connectivity index (χ2v) is 8.10. The summed E-state index contributed by atoms with van der Waals surface area (Å²) in [7, 11) is -3.10. The van der Waals surface area contributed by atoms with Crippen LogP contribution in [0.3, 0.4) is 0 Å². The van der Waals surface area contributed by atoms with E-state index in [9.17, 15) is 8.42 Å². The van der Waals surface area contributed by atoms with Crippen molar-refractivity contribution in [3.63, 3.8) is 0 Å². The van der Waals surface area contributed by atoms with Crippen molar-refractivity contribution in [3.05, 3.63) is 35.4 Å². The third-order valence-corrected chi connectivity index (χ3v) is 5.61. The Morgan fingerprint density at radius 2 is 2.00 bits per heavy atom. The summed E-state index contributed by atoms with van der Waals surface area (Å²) in [5.41, 5.74) is 1.79. The first-order valence-electron chi connectivity index (χ1n) is 7.52. The Morgan fingerprint density at radius 3 is 2.50 bits per heavy atom. The minimum atomic E-state index is -3.10. The highest BCUT2D eigenvalue weighted by Gasteiger charge is 2.31. The molecule has 120 valence electrons. The van der Waals surface area contributed by atoms with Crippen molar-refractivity contribution in [2.24, 2.45) is 5.92 Å². The first-order valence-corrected chi connectivity index (χ1v) is 9.37. The van der Waals surface area contributed by atoms with E-state index in [1.807, 2.05) is 24.3 Å². The van der Waals surface area contributed by atoms with E-state index in [2.05, 4.69) is 25.2 Å². The smallest absolute Gasteiger partial charge is 0.211 e. The number of benzene rings is 1. The van der Waals surface area contributed by atoms with E-state index in [4.69, 9.17) is 5.26 Å². The van der Waals surface area contributed by atoms with E-state index in [1.165, 1.54) is 6.26 Å². The third kappa shape index (κ3) is 4.07. The number of rotatable bonds is 4. The van der Waals surface area contributed by atoms with Crippen LogP contribution < -0.4 is 5.32 Å². The summed E-state index contributed by atoms with van der Waals surface area (Å²) in [5, 5.41) is 12.4. The van der Waals surface area contributed by atoms with Crippen LogP contribution in [0.15, 0.2) is 24.3 Å². The molecule has 3 atom stereocenters. The molecule has 0 radical (unpaired) electrons. The molecule has 1 aromatic rings. The maximum atomic E-state index is 11.6. The highest BCUT2D eigenvalue weighted by Crippen LogP contribution is 2.22. The van der Waals surface area contributed by atoms with Gasteiger partial charge in [-0.25, -0.2) is 12.7 Å². The summed E-state index contributed by atoms with van der Waals surface area (Å²) in [6.45, 7) is 5.31. The topological polar surface area (TPSA) is 73.2 Å². The lowest BCUT2D eigenvalue weighted by atomic mass is 9.93. The van der Waals surface area contributed by atoms with Gasteiger partial charge in [0.1, 0.15) is 0 Å². The maximum absolute atomic E-state index is 11.6. The van der Waals surface area contributed by atoms with Gasteiger partial charge in [-0.05, 0) is 37.0 Å². The Bertz CT molecular complexity index is 649. The summed E-state index contributed by atoms with van der Waals surface area (Å²) in [6.07, 6.45) is 2.09. The Kier molecular flexibility index (Phi) is 5.22. The highest BCUT2D eigenvalue weighted by atomic mass is 32.2. The van der Waals surface area contributed by atoms with Gasteiger partial charge in [0.15, 0.2) is 0 Å². The number of hydrogen-bond acceptors (Lipinski definition) is 4. The molecule has 2 rings (SSSR count). The van der Waals surface area contributed by atoms with Crippen molar-refractivity contribution < 1.29 is 8.42 Å². The Morgan fingerprint density at radius 1 is 1.36 bits per heavy atom. The number of nitrogens with zero attached hydrogens (tertiary/aromatic N) is 2. The molecule has 1 fully saturated rings. The van der Waals surface area contributed by atoms with Gasteiger partial charge in [0.2, 0.25) is 10.0 Å². The van der Waals surface area contributed by atoms with Gasteiger partial charge in [0.05, 0.1) is 17.9 Å². The molecular formula is C16H23N3O2S. The molecule has 0 bridgehead atoms. The molecule has 22 heavy (non-hydrogen) atoms.